The molecule has 3 aromatic carbocycles. The standard InChI is InChI=1S/C31H26F3N5O4S2/c1-18(2)22-6-4-5-7-25(22)36-30-39(27(40)16-44-30)35-15-19-8-13-23-26(14-19)45(41,42)17-24-28(23)37-38(3)29(24)20-9-11-21(12-10-20)43-31(32,33)34/h4-15,18H,16-17H2,1-3H3. The number of sulfone groups is 1. The van der Waals surface area contributed by atoms with Gasteiger partial charge in [0.25, 0.3) is 5.91 Å². The van der Waals surface area contributed by atoms with Crippen molar-refractivity contribution in [3.05, 3.63) is 83.4 Å². The van der Waals surface area contributed by atoms with Crippen LogP contribution in [0.5, 0.6) is 5.75 Å². The van der Waals surface area contributed by atoms with Gasteiger partial charge in [-0.25, -0.2) is 13.4 Å². The number of hydrogen-bond donors (Lipinski definition) is 0. The van der Waals surface area contributed by atoms with Gasteiger partial charge in [0, 0.05) is 23.7 Å². The van der Waals surface area contributed by atoms with Crippen molar-refractivity contribution in [2.45, 2.75) is 36.8 Å². The summed E-state index contributed by atoms with van der Waals surface area (Å²) in [4.78, 5) is 17.4. The molecule has 0 N–H and O–H groups in total. The van der Waals surface area contributed by atoms with E-state index in [-0.39, 0.29) is 34.0 Å². The first kappa shape index (κ1) is 30.6. The van der Waals surface area contributed by atoms with Gasteiger partial charge < -0.3 is 4.74 Å². The number of carbonyl (C=O) groups is 1. The lowest BCUT2D eigenvalue weighted by atomic mass is 10.0. The smallest absolute Gasteiger partial charge is 0.406 e. The molecule has 1 saturated heterocycles. The summed E-state index contributed by atoms with van der Waals surface area (Å²) in [5, 5.41) is 10.6. The van der Waals surface area contributed by atoms with Gasteiger partial charge in [0.2, 0.25) is 0 Å². The number of hydrazone groups is 1. The Morgan fingerprint density at radius 2 is 1.80 bits per heavy atom. The van der Waals surface area contributed by atoms with Gasteiger partial charge in [-0.05, 0) is 53.4 Å². The minimum atomic E-state index is -4.83. The molecule has 1 amide bonds. The maximum atomic E-state index is 13.5. The number of benzene rings is 3. The number of hydrogen-bond acceptors (Lipinski definition) is 8. The number of aryl methyl sites for hydroxylation is 1. The van der Waals surface area contributed by atoms with Crippen LogP contribution in [0, 0.1) is 0 Å². The molecule has 2 aliphatic heterocycles. The Bertz CT molecular complexity index is 1980. The first-order valence-corrected chi connectivity index (χ1v) is 16.4. The Labute approximate surface area is 261 Å². The van der Waals surface area contributed by atoms with Gasteiger partial charge in [0.05, 0.1) is 39.7 Å². The van der Waals surface area contributed by atoms with E-state index in [1.807, 2.05) is 24.3 Å². The van der Waals surface area contributed by atoms with E-state index in [1.54, 1.807) is 19.2 Å². The van der Waals surface area contributed by atoms with Gasteiger partial charge in [-0.1, -0.05) is 55.9 Å². The molecule has 0 aliphatic carbocycles. The summed E-state index contributed by atoms with van der Waals surface area (Å²) in [6, 6.07) is 17.7. The molecule has 232 valence electrons. The number of amidine groups is 1. The second kappa shape index (κ2) is 11.5. The summed E-state index contributed by atoms with van der Waals surface area (Å²) in [6.45, 7) is 4.13. The van der Waals surface area contributed by atoms with Crippen molar-refractivity contribution >= 4 is 44.6 Å². The van der Waals surface area contributed by atoms with E-state index in [0.717, 1.165) is 11.3 Å². The number of aliphatic imine (C=N–C) groups is 1. The molecule has 1 fully saturated rings. The average molecular weight is 654 g/mol. The molecule has 6 rings (SSSR count). The number of ether oxygens (including phenoxy) is 1. The van der Waals surface area contributed by atoms with Crippen molar-refractivity contribution < 1.29 is 31.1 Å². The van der Waals surface area contributed by atoms with Gasteiger partial charge in [0.1, 0.15) is 5.75 Å². The number of carbonyl (C=O) groups excluding carboxylic acids is 1. The van der Waals surface area contributed by atoms with Crippen LogP contribution >= 0.6 is 11.8 Å². The SMILES string of the molecule is CC(C)c1ccccc1N=C1SCC(=O)N1N=Cc1ccc2c(c1)S(=O)(=O)Cc1c-2nn(C)c1-c1ccc(OC(F)(F)F)cc1. The minimum absolute atomic E-state index is 0.0689. The van der Waals surface area contributed by atoms with E-state index in [0.29, 0.717) is 38.8 Å². The lowest BCUT2D eigenvalue weighted by Crippen LogP contribution is -2.24. The van der Waals surface area contributed by atoms with Gasteiger partial charge in [-0.15, -0.1) is 13.2 Å². The average Bonchev–Trinajstić information content (AvgIpc) is 3.49. The molecule has 1 aromatic heterocycles. The fourth-order valence-corrected chi connectivity index (χ4v) is 7.72. The first-order valence-electron chi connectivity index (χ1n) is 13.8. The van der Waals surface area contributed by atoms with Crippen LogP contribution in [-0.2, 0) is 27.4 Å². The van der Waals surface area contributed by atoms with Crippen LogP contribution in [0.4, 0.5) is 18.9 Å². The zero-order valence-corrected chi connectivity index (χ0v) is 25.9. The number of fused-ring (bicyclic) bond motifs is 3. The van der Waals surface area contributed by atoms with Gasteiger partial charge >= 0.3 is 6.36 Å². The highest BCUT2D eigenvalue weighted by Gasteiger charge is 2.35. The molecule has 45 heavy (non-hydrogen) atoms. The van der Waals surface area contributed by atoms with Crippen LogP contribution in [0.2, 0.25) is 0 Å². The Morgan fingerprint density at radius 3 is 2.51 bits per heavy atom. The summed E-state index contributed by atoms with van der Waals surface area (Å²) in [6.07, 6.45) is -3.40. The molecule has 9 nitrogen and oxygen atoms in total. The van der Waals surface area contributed by atoms with Crippen molar-refractivity contribution in [2.24, 2.45) is 17.1 Å². The number of halogens is 3. The molecule has 4 aromatic rings. The number of nitrogens with zero attached hydrogens (tertiary/aromatic N) is 5. The zero-order valence-electron chi connectivity index (χ0n) is 24.2. The van der Waals surface area contributed by atoms with Gasteiger partial charge in [0.15, 0.2) is 15.0 Å². The first-order chi connectivity index (χ1) is 21.3. The highest BCUT2D eigenvalue weighted by molar-refractivity contribution is 8.15. The number of thioether (sulfide) groups is 1. The lowest BCUT2D eigenvalue weighted by molar-refractivity contribution is -0.274. The van der Waals surface area contributed by atoms with Crippen molar-refractivity contribution in [2.75, 3.05) is 5.75 Å². The minimum Gasteiger partial charge on any atom is -0.406 e. The van der Waals surface area contributed by atoms with Crippen LogP contribution in [-0.4, -0.2) is 52.6 Å². The predicted octanol–water partition coefficient (Wildman–Crippen LogP) is 6.66. The van der Waals surface area contributed by atoms with Crippen molar-refractivity contribution in [1.29, 1.82) is 0 Å². The number of amides is 1. The van der Waals surface area contributed by atoms with Crippen molar-refractivity contribution in [1.82, 2.24) is 14.8 Å². The third-order valence-electron chi connectivity index (χ3n) is 7.28. The van der Waals surface area contributed by atoms with Gasteiger partial charge in [-0.3, -0.25) is 9.48 Å². The third kappa shape index (κ3) is 6.12. The molecule has 0 unspecified atom stereocenters. The topological polar surface area (TPSA) is 106 Å². The number of rotatable bonds is 6. The zero-order chi connectivity index (χ0) is 32.1. The maximum absolute atomic E-state index is 13.5. The Morgan fingerprint density at radius 1 is 1.07 bits per heavy atom. The molecule has 0 saturated carbocycles. The summed E-state index contributed by atoms with van der Waals surface area (Å²) in [5.41, 5.74) is 4.51. The fourth-order valence-electron chi connectivity index (χ4n) is 5.29. The van der Waals surface area contributed by atoms with E-state index in [2.05, 4.69) is 28.8 Å². The predicted molar refractivity (Wildman–Crippen MR) is 166 cm³/mol. The van der Waals surface area contributed by atoms with Gasteiger partial charge in [-0.2, -0.15) is 15.2 Å². The van der Waals surface area contributed by atoms with Crippen LogP contribution in [0.25, 0.3) is 22.5 Å². The van der Waals surface area contributed by atoms with Crippen LogP contribution in [0.1, 0.15) is 36.5 Å². The molecule has 14 heteroatoms. The fraction of sp³-hybridized carbons (Fsp3) is 0.226. The maximum Gasteiger partial charge on any atom is 0.573 e. The molecule has 3 heterocycles. The van der Waals surface area contributed by atoms with E-state index in [9.17, 15) is 26.4 Å². The van der Waals surface area contributed by atoms with Crippen molar-refractivity contribution in [3.63, 3.8) is 0 Å². The molecule has 0 atom stereocenters. The lowest BCUT2D eigenvalue weighted by Gasteiger charge is -2.18. The molecule has 0 bridgehead atoms. The largest absolute Gasteiger partial charge is 0.573 e. The molecule has 0 radical (unpaired) electrons. The molecule has 2 aliphatic rings. The van der Waals surface area contributed by atoms with Crippen LogP contribution in [0.3, 0.4) is 0 Å². The number of aromatic nitrogens is 2. The Hall–Kier alpha value is -4.43. The summed E-state index contributed by atoms with van der Waals surface area (Å²) in [5.74, 6) is -0.570. The monoisotopic (exact) mass is 653 g/mol. The van der Waals surface area contributed by atoms with E-state index < -0.39 is 16.2 Å². The van der Waals surface area contributed by atoms with E-state index >= 15 is 0 Å². The Balaban J connectivity index is 1.31. The second-order valence-electron chi connectivity index (χ2n) is 10.7. The quantitative estimate of drug-likeness (QED) is 0.216. The summed E-state index contributed by atoms with van der Waals surface area (Å²) < 4.78 is 70.3. The number of alkyl halides is 3. The summed E-state index contributed by atoms with van der Waals surface area (Å²) in [7, 11) is -2.19. The molecular formula is C31H26F3N5O4S2. The summed E-state index contributed by atoms with van der Waals surface area (Å²) >= 11 is 1.28. The van der Waals surface area contributed by atoms with E-state index in [1.165, 1.54) is 58.0 Å². The normalized spacial score (nSPS) is 16.9. The Kier molecular flexibility index (Phi) is 7.81. The highest BCUT2D eigenvalue weighted by atomic mass is 32.2. The highest BCUT2D eigenvalue weighted by Crippen LogP contribution is 2.42. The van der Waals surface area contributed by atoms with Crippen molar-refractivity contribution in [3.8, 4) is 28.3 Å². The third-order valence-corrected chi connectivity index (χ3v) is 9.87. The molecule has 0 spiro atoms. The number of para-hydroxylation sites is 1. The van der Waals surface area contributed by atoms with Crippen LogP contribution in [0.15, 0.2) is 81.7 Å². The van der Waals surface area contributed by atoms with Crippen LogP contribution < -0.4 is 4.74 Å². The molecular weight excluding hydrogens is 628 g/mol. The van der Waals surface area contributed by atoms with E-state index in [4.69, 9.17) is 4.99 Å². The second-order valence-corrected chi connectivity index (χ2v) is 13.6.